The van der Waals surface area contributed by atoms with Gasteiger partial charge in [0.25, 0.3) is 5.56 Å². The summed E-state index contributed by atoms with van der Waals surface area (Å²) in [5.74, 6) is 0.535. The van der Waals surface area contributed by atoms with Gasteiger partial charge in [-0.3, -0.25) is 19.5 Å². The van der Waals surface area contributed by atoms with Gasteiger partial charge < -0.3 is 15.0 Å². The standard InChI is InChI=1S/C25H37N5O3/c1-4-29(5-2)21(17-20-9-7-6-8-10-20)18-26-23(31)12-11-22-19(3)27-25(28-24(22)32)30-13-15-33-16-14-30/h6-10,21H,4-5,11-18H2,1-3H3,(H,26,31)(H,27,28,32)/t21-/m0/s1. The van der Waals surface area contributed by atoms with Crippen LogP contribution < -0.4 is 15.8 Å². The van der Waals surface area contributed by atoms with Crippen LogP contribution in [0.4, 0.5) is 5.95 Å². The van der Waals surface area contributed by atoms with Gasteiger partial charge in [0.15, 0.2) is 0 Å². The molecule has 8 nitrogen and oxygen atoms in total. The largest absolute Gasteiger partial charge is 0.378 e. The first-order valence-corrected chi connectivity index (χ1v) is 12.0. The Morgan fingerprint density at radius 1 is 1.21 bits per heavy atom. The van der Waals surface area contributed by atoms with Crippen molar-refractivity contribution in [1.29, 1.82) is 0 Å². The first kappa shape index (κ1) is 24.9. The average Bonchev–Trinajstić information content (AvgIpc) is 2.83. The number of amides is 1. The molecule has 1 aromatic heterocycles. The number of aryl methyl sites for hydroxylation is 1. The third-order valence-electron chi connectivity index (χ3n) is 6.30. The molecule has 1 fully saturated rings. The lowest BCUT2D eigenvalue weighted by molar-refractivity contribution is -0.121. The van der Waals surface area contributed by atoms with Crippen molar-refractivity contribution in [3.8, 4) is 0 Å². The van der Waals surface area contributed by atoms with Gasteiger partial charge in [-0.05, 0) is 38.4 Å². The number of likely N-dealkylation sites (N-methyl/N-ethyl adjacent to an activating group) is 1. The molecule has 1 atom stereocenters. The van der Waals surface area contributed by atoms with E-state index in [9.17, 15) is 9.59 Å². The number of benzene rings is 1. The topological polar surface area (TPSA) is 90.6 Å². The zero-order chi connectivity index (χ0) is 23.6. The van der Waals surface area contributed by atoms with E-state index in [1.807, 2.05) is 30.0 Å². The van der Waals surface area contributed by atoms with E-state index in [1.54, 1.807) is 0 Å². The van der Waals surface area contributed by atoms with Crippen LogP contribution in [0.25, 0.3) is 0 Å². The second-order valence-electron chi connectivity index (χ2n) is 8.42. The monoisotopic (exact) mass is 455 g/mol. The Kier molecular flexibility index (Phi) is 9.45. The molecule has 1 aromatic carbocycles. The Morgan fingerprint density at radius 2 is 1.91 bits per heavy atom. The number of morpholine rings is 1. The summed E-state index contributed by atoms with van der Waals surface area (Å²) in [6.07, 6.45) is 1.52. The molecule has 0 bridgehead atoms. The number of rotatable bonds is 11. The summed E-state index contributed by atoms with van der Waals surface area (Å²) >= 11 is 0. The highest BCUT2D eigenvalue weighted by molar-refractivity contribution is 5.76. The molecule has 1 amide bonds. The molecule has 0 unspecified atom stereocenters. The van der Waals surface area contributed by atoms with Crippen molar-refractivity contribution in [3.05, 3.63) is 57.5 Å². The van der Waals surface area contributed by atoms with Crippen molar-refractivity contribution in [2.75, 3.05) is 50.8 Å². The molecule has 0 spiro atoms. The molecule has 1 aliphatic rings. The highest BCUT2D eigenvalue weighted by Gasteiger charge is 2.19. The molecule has 180 valence electrons. The summed E-state index contributed by atoms with van der Waals surface area (Å²) in [6.45, 7) is 11.2. The second kappa shape index (κ2) is 12.5. The van der Waals surface area contributed by atoms with Gasteiger partial charge in [-0.15, -0.1) is 0 Å². The lowest BCUT2D eigenvalue weighted by Gasteiger charge is -2.30. The van der Waals surface area contributed by atoms with Gasteiger partial charge in [-0.2, -0.15) is 0 Å². The Morgan fingerprint density at radius 3 is 2.55 bits per heavy atom. The van der Waals surface area contributed by atoms with E-state index in [0.29, 0.717) is 56.5 Å². The zero-order valence-electron chi connectivity index (χ0n) is 20.1. The maximum Gasteiger partial charge on any atom is 0.255 e. The average molecular weight is 456 g/mol. The highest BCUT2D eigenvalue weighted by atomic mass is 16.5. The fraction of sp³-hybridized carbons (Fsp3) is 0.560. The third-order valence-corrected chi connectivity index (χ3v) is 6.30. The number of ether oxygens (including phenoxy) is 1. The molecular weight excluding hydrogens is 418 g/mol. The Balaban J connectivity index is 1.56. The molecule has 1 saturated heterocycles. The first-order chi connectivity index (χ1) is 16.0. The number of hydrogen-bond donors (Lipinski definition) is 2. The molecule has 3 rings (SSSR count). The minimum atomic E-state index is -0.165. The predicted octanol–water partition coefficient (Wildman–Crippen LogP) is 1.92. The first-order valence-electron chi connectivity index (χ1n) is 12.0. The fourth-order valence-corrected chi connectivity index (χ4v) is 4.33. The van der Waals surface area contributed by atoms with Crippen LogP contribution in [0.3, 0.4) is 0 Å². The van der Waals surface area contributed by atoms with E-state index in [4.69, 9.17) is 4.74 Å². The van der Waals surface area contributed by atoms with E-state index >= 15 is 0 Å². The minimum Gasteiger partial charge on any atom is -0.378 e. The summed E-state index contributed by atoms with van der Waals surface area (Å²) in [6, 6.07) is 10.6. The van der Waals surface area contributed by atoms with Gasteiger partial charge in [-0.25, -0.2) is 4.98 Å². The number of anilines is 1. The summed E-state index contributed by atoms with van der Waals surface area (Å²) in [5, 5.41) is 3.09. The Bertz CT molecular complexity index is 937. The van der Waals surface area contributed by atoms with E-state index in [-0.39, 0.29) is 23.9 Å². The van der Waals surface area contributed by atoms with Gasteiger partial charge >= 0.3 is 0 Å². The van der Waals surface area contributed by atoms with Crippen molar-refractivity contribution >= 4 is 11.9 Å². The van der Waals surface area contributed by atoms with Gasteiger partial charge in [0.2, 0.25) is 11.9 Å². The predicted molar refractivity (Wildman–Crippen MR) is 131 cm³/mol. The van der Waals surface area contributed by atoms with Crippen LogP contribution in [0.2, 0.25) is 0 Å². The van der Waals surface area contributed by atoms with Gasteiger partial charge in [0, 0.05) is 43.4 Å². The summed E-state index contributed by atoms with van der Waals surface area (Å²) in [7, 11) is 0. The summed E-state index contributed by atoms with van der Waals surface area (Å²) in [5.41, 5.74) is 2.35. The number of H-pyrrole nitrogens is 1. The lowest BCUT2D eigenvalue weighted by atomic mass is 10.0. The smallest absolute Gasteiger partial charge is 0.255 e. The van der Waals surface area contributed by atoms with Crippen molar-refractivity contribution in [3.63, 3.8) is 0 Å². The number of nitrogens with zero attached hydrogens (tertiary/aromatic N) is 3. The molecule has 2 aromatic rings. The van der Waals surface area contributed by atoms with Crippen molar-refractivity contribution < 1.29 is 9.53 Å². The highest BCUT2D eigenvalue weighted by Crippen LogP contribution is 2.12. The number of carbonyl (C=O) groups is 1. The van der Waals surface area contributed by atoms with Gasteiger partial charge in [0.1, 0.15) is 0 Å². The van der Waals surface area contributed by atoms with Gasteiger partial charge in [0.05, 0.1) is 13.2 Å². The fourth-order valence-electron chi connectivity index (χ4n) is 4.33. The maximum absolute atomic E-state index is 12.7. The number of aromatic amines is 1. The van der Waals surface area contributed by atoms with Crippen molar-refractivity contribution in [2.24, 2.45) is 0 Å². The van der Waals surface area contributed by atoms with Crippen LogP contribution in [0.1, 0.15) is 37.1 Å². The number of carbonyl (C=O) groups excluding carboxylic acids is 1. The normalized spacial score (nSPS) is 15.0. The summed E-state index contributed by atoms with van der Waals surface area (Å²) < 4.78 is 5.36. The number of hydrogen-bond acceptors (Lipinski definition) is 6. The third kappa shape index (κ3) is 7.14. The molecule has 8 heteroatoms. The second-order valence-corrected chi connectivity index (χ2v) is 8.42. The molecule has 33 heavy (non-hydrogen) atoms. The van der Waals surface area contributed by atoms with E-state index in [0.717, 1.165) is 19.5 Å². The van der Waals surface area contributed by atoms with Crippen LogP contribution in [-0.4, -0.2) is 72.8 Å². The zero-order valence-corrected chi connectivity index (χ0v) is 20.1. The van der Waals surface area contributed by atoms with Crippen LogP contribution in [0.5, 0.6) is 0 Å². The van der Waals surface area contributed by atoms with Crippen LogP contribution >= 0.6 is 0 Å². The van der Waals surface area contributed by atoms with Crippen molar-refractivity contribution in [1.82, 2.24) is 20.2 Å². The quantitative estimate of drug-likeness (QED) is 0.538. The lowest BCUT2D eigenvalue weighted by Crippen LogP contribution is -2.45. The van der Waals surface area contributed by atoms with Gasteiger partial charge in [-0.1, -0.05) is 44.2 Å². The van der Waals surface area contributed by atoms with Crippen LogP contribution in [0, 0.1) is 6.92 Å². The number of nitrogens with one attached hydrogen (secondary N) is 2. The van der Waals surface area contributed by atoms with Crippen LogP contribution in [0.15, 0.2) is 35.1 Å². The number of aromatic nitrogens is 2. The minimum absolute atomic E-state index is 0.0451. The maximum atomic E-state index is 12.7. The molecule has 2 heterocycles. The SMILES string of the molecule is CCN(CC)[C@H](CNC(=O)CCc1c(C)nc(N2CCOCC2)[nH]c1=O)Cc1ccccc1. The van der Waals surface area contributed by atoms with Crippen LogP contribution in [-0.2, 0) is 22.4 Å². The van der Waals surface area contributed by atoms with E-state index in [1.165, 1.54) is 5.56 Å². The molecule has 0 aliphatic carbocycles. The summed E-state index contributed by atoms with van der Waals surface area (Å²) in [4.78, 5) is 37.1. The molecule has 0 saturated carbocycles. The Hall–Kier alpha value is -2.71. The molecule has 2 N–H and O–H groups in total. The van der Waals surface area contributed by atoms with Crippen molar-refractivity contribution in [2.45, 2.75) is 46.1 Å². The Labute approximate surface area is 196 Å². The van der Waals surface area contributed by atoms with E-state index in [2.05, 4.69) is 46.2 Å². The molecular formula is C25H37N5O3. The molecule has 0 radical (unpaired) electrons. The van der Waals surface area contributed by atoms with E-state index < -0.39 is 0 Å². The molecule has 1 aliphatic heterocycles.